The van der Waals surface area contributed by atoms with Gasteiger partial charge in [-0.1, -0.05) is 22.9 Å². The molecule has 1 aromatic rings. The quantitative estimate of drug-likeness (QED) is 0.747. The molecule has 0 bridgehead atoms. The van der Waals surface area contributed by atoms with Crippen molar-refractivity contribution in [3.05, 3.63) is 28.5 Å². The van der Waals surface area contributed by atoms with Gasteiger partial charge in [0.25, 0.3) is 10.2 Å². The van der Waals surface area contributed by atoms with Crippen LogP contribution < -0.4 is 5.32 Å². The highest BCUT2D eigenvalue weighted by atomic mass is 79.9. The summed E-state index contributed by atoms with van der Waals surface area (Å²) in [6.45, 7) is 3.75. The number of piperidine rings is 2. The Kier molecular flexibility index (Phi) is 6.55. The molecule has 2 saturated heterocycles. The number of carbonyl (C=O) groups is 1. The molecule has 0 unspecified atom stereocenters. The number of amides is 1. The highest BCUT2D eigenvalue weighted by Gasteiger charge is 2.37. The molecule has 27 heavy (non-hydrogen) atoms. The topological polar surface area (TPSA) is 69.7 Å². The predicted octanol–water partition coefficient (Wildman–Crippen LogP) is 3.22. The lowest BCUT2D eigenvalue weighted by Gasteiger charge is -2.37. The lowest BCUT2D eigenvalue weighted by Crippen LogP contribution is -2.51. The summed E-state index contributed by atoms with van der Waals surface area (Å²) in [5.74, 6) is -0.818. The number of rotatable bonds is 4. The van der Waals surface area contributed by atoms with Crippen molar-refractivity contribution in [1.29, 1.82) is 0 Å². The van der Waals surface area contributed by atoms with E-state index >= 15 is 0 Å². The van der Waals surface area contributed by atoms with E-state index in [1.807, 2.05) is 0 Å². The molecule has 0 radical (unpaired) electrons. The summed E-state index contributed by atoms with van der Waals surface area (Å²) in [6.07, 6.45) is 2.93. The number of anilines is 1. The summed E-state index contributed by atoms with van der Waals surface area (Å²) in [4.78, 5) is 12.6. The molecule has 2 aliphatic heterocycles. The van der Waals surface area contributed by atoms with Crippen LogP contribution in [0.5, 0.6) is 0 Å². The average molecular weight is 462 g/mol. The summed E-state index contributed by atoms with van der Waals surface area (Å²) in [6, 6.07) is 4.42. The number of nitrogens with zero attached hydrogens (tertiary/aromatic N) is 2. The van der Waals surface area contributed by atoms with E-state index in [1.165, 1.54) is 20.7 Å². The van der Waals surface area contributed by atoms with Crippen LogP contribution in [-0.2, 0) is 15.0 Å². The first-order valence-corrected chi connectivity index (χ1v) is 11.5. The molecule has 9 heteroatoms. The normalized spacial score (nSPS) is 23.3. The molecule has 1 atom stereocenters. The molecule has 1 aromatic carbocycles. The fourth-order valence-corrected chi connectivity index (χ4v) is 5.63. The second kappa shape index (κ2) is 8.55. The summed E-state index contributed by atoms with van der Waals surface area (Å²) in [5.41, 5.74) is 0.105. The first-order chi connectivity index (χ1) is 12.8. The monoisotopic (exact) mass is 461 g/mol. The van der Waals surface area contributed by atoms with E-state index in [4.69, 9.17) is 0 Å². The molecule has 0 aliphatic carbocycles. The fourth-order valence-electron chi connectivity index (χ4n) is 3.57. The number of carbonyl (C=O) groups excluding carboxylic acids is 1. The van der Waals surface area contributed by atoms with Crippen molar-refractivity contribution in [2.45, 2.75) is 32.6 Å². The van der Waals surface area contributed by atoms with Crippen LogP contribution in [0.3, 0.4) is 0 Å². The van der Waals surface area contributed by atoms with Crippen molar-refractivity contribution in [1.82, 2.24) is 8.61 Å². The maximum absolute atomic E-state index is 14.0. The van der Waals surface area contributed by atoms with Crippen molar-refractivity contribution in [2.24, 2.45) is 11.8 Å². The van der Waals surface area contributed by atoms with Gasteiger partial charge in [-0.25, -0.2) is 4.39 Å². The molecule has 0 spiro atoms. The van der Waals surface area contributed by atoms with E-state index in [2.05, 4.69) is 28.2 Å². The highest BCUT2D eigenvalue weighted by molar-refractivity contribution is 9.10. The van der Waals surface area contributed by atoms with Gasteiger partial charge >= 0.3 is 0 Å². The van der Waals surface area contributed by atoms with Crippen LogP contribution in [0, 0.1) is 17.7 Å². The van der Waals surface area contributed by atoms with Crippen LogP contribution >= 0.6 is 15.9 Å². The Morgan fingerprint density at radius 2 is 1.89 bits per heavy atom. The van der Waals surface area contributed by atoms with Crippen LogP contribution in [0.2, 0.25) is 0 Å². The second-order valence-electron chi connectivity index (χ2n) is 7.40. The van der Waals surface area contributed by atoms with Gasteiger partial charge in [0, 0.05) is 30.7 Å². The Morgan fingerprint density at radius 1 is 1.19 bits per heavy atom. The van der Waals surface area contributed by atoms with Crippen LogP contribution in [0.15, 0.2) is 22.7 Å². The number of halogens is 2. The van der Waals surface area contributed by atoms with E-state index in [-0.39, 0.29) is 18.1 Å². The van der Waals surface area contributed by atoms with Crippen LogP contribution in [0.25, 0.3) is 0 Å². The smallest absolute Gasteiger partial charge is 0.281 e. The van der Waals surface area contributed by atoms with Gasteiger partial charge in [0.05, 0.1) is 11.6 Å². The second-order valence-corrected chi connectivity index (χ2v) is 10.2. The lowest BCUT2D eigenvalue weighted by atomic mass is 9.98. The minimum Gasteiger partial charge on any atom is -0.323 e. The zero-order chi connectivity index (χ0) is 19.6. The van der Waals surface area contributed by atoms with Gasteiger partial charge < -0.3 is 5.32 Å². The van der Waals surface area contributed by atoms with Gasteiger partial charge in [-0.2, -0.15) is 17.0 Å². The molecule has 0 saturated carbocycles. The van der Waals surface area contributed by atoms with Crippen molar-refractivity contribution in [2.75, 3.05) is 31.5 Å². The lowest BCUT2D eigenvalue weighted by molar-refractivity contribution is -0.120. The van der Waals surface area contributed by atoms with Gasteiger partial charge in [-0.05, 0) is 49.8 Å². The third-order valence-electron chi connectivity index (χ3n) is 5.34. The van der Waals surface area contributed by atoms with Gasteiger partial charge in [0.1, 0.15) is 5.82 Å². The minimum absolute atomic E-state index is 0.105. The van der Waals surface area contributed by atoms with E-state index < -0.39 is 21.9 Å². The zero-order valence-electron chi connectivity index (χ0n) is 15.3. The molecular weight excluding hydrogens is 437 g/mol. The van der Waals surface area contributed by atoms with Crippen molar-refractivity contribution in [3.63, 3.8) is 0 Å². The predicted molar refractivity (Wildman–Crippen MR) is 106 cm³/mol. The van der Waals surface area contributed by atoms with Crippen molar-refractivity contribution < 1.29 is 17.6 Å². The molecule has 3 rings (SSSR count). The molecule has 2 fully saturated rings. The Labute approximate surface area is 168 Å². The van der Waals surface area contributed by atoms with E-state index in [0.717, 1.165) is 12.8 Å². The molecule has 6 nitrogen and oxygen atoms in total. The molecule has 1 amide bonds. The zero-order valence-corrected chi connectivity index (χ0v) is 17.7. The van der Waals surface area contributed by atoms with Crippen LogP contribution in [0.1, 0.15) is 32.6 Å². The van der Waals surface area contributed by atoms with Gasteiger partial charge in [0.2, 0.25) is 5.91 Å². The van der Waals surface area contributed by atoms with E-state index in [9.17, 15) is 17.6 Å². The number of benzene rings is 1. The first-order valence-electron chi connectivity index (χ1n) is 9.28. The van der Waals surface area contributed by atoms with Crippen LogP contribution in [-0.4, -0.2) is 49.1 Å². The van der Waals surface area contributed by atoms with E-state index in [0.29, 0.717) is 42.9 Å². The Balaban J connectivity index is 1.65. The number of hydrogen-bond acceptors (Lipinski definition) is 3. The minimum atomic E-state index is -3.56. The third kappa shape index (κ3) is 4.88. The van der Waals surface area contributed by atoms with Gasteiger partial charge in [0.15, 0.2) is 0 Å². The maximum Gasteiger partial charge on any atom is 0.281 e. The summed E-state index contributed by atoms with van der Waals surface area (Å²) < 4.78 is 43.3. The fraction of sp³-hybridized carbons (Fsp3) is 0.611. The standard InChI is InChI=1S/C18H25BrFN3O3S/c1-13-6-9-22(10-7-13)27(25,26)23-8-2-3-14(12-23)18(24)21-17-5-4-15(19)11-16(17)20/h4-5,11,13-14H,2-3,6-10,12H2,1H3,(H,21,24)/t14-/m1/s1. The largest absolute Gasteiger partial charge is 0.323 e. The Bertz CT molecular complexity index is 797. The highest BCUT2D eigenvalue weighted by Crippen LogP contribution is 2.26. The van der Waals surface area contributed by atoms with E-state index in [1.54, 1.807) is 6.07 Å². The molecule has 0 aromatic heterocycles. The Morgan fingerprint density at radius 3 is 2.56 bits per heavy atom. The van der Waals surface area contributed by atoms with Gasteiger partial charge in [-0.15, -0.1) is 0 Å². The average Bonchev–Trinajstić information content (AvgIpc) is 2.64. The van der Waals surface area contributed by atoms with Crippen LogP contribution in [0.4, 0.5) is 10.1 Å². The van der Waals surface area contributed by atoms with Crippen molar-refractivity contribution in [3.8, 4) is 0 Å². The third-order valence-corrected chi connectivity index (χ3v) is 7.83. The Hall–Kier alpha value is -1.03. The maximum atomic E-state index is 14.0. The van der Waals surface area contributed by atoms with Crippen molar-refractivity contribution >= 4 is 37.7 Å². The molecular formula is C18H25BrFN3O3S. The number of nitrogens with one attached hydrogen (secondary N) is 1. The molecule has 2 aliphatic rings. The first kappa shape index (κ1) is 20.7. The molecule has 2 heterocycles. The van der Waals surface area contributed by atoms with Gasteiger partial charge in [-0.3, -0.25) is 4.79 Å². The molecule has 1 N–H and O–H groups in total. The summed E-state index contributed by atoms with van der Waals surface area (Å²) in [7, 11) is -3.56. The number of hydrogen-bond donors (Lipinski definition) is 1. The molecule has 150 valence electrons. The summed E-state index contributed by atoms with van der Waals surface area (Å²) in [5, 5.41) is 2.59. The SMILES string of the molecule is CC1CCN(S(=O)(=O)N2CCC[C@@H](C(=O)Nc3ccc(Br)cc3F)C2)CC1. The summed E-state index contributed by atoms with van der Waals surface area (Å²) >= 11 is 3.18.